The standard InChI is InChI=1S/C20H21N3O3S.C11H16N2O.H2/c1-26-20-4-2-3-19(13-20)23-15-17(14-21-23)16-5-7-18(8-6-16)22-9-11-27(24,25)12-10-22;12-8-11(6-7-11)13-10(14)9-4-2-1-3-5-9;/h2-8,13-15H,9-12H2,1H3;9H,1-7H2,(H,13,14);1H. The number of benzene rings is 2. The van der Waals surface area contributed by atoms with E-state index in [2.05, 4.69) is 21.4 Å². The number of aromatic nitrogens is 2. The van der Waals surface area contributed by atoms with Gasteiger partial charge in [0.25, 0.3) is 0 Å². The fraction of sp³-hybridized carbons (Fsp3) is 0.452. The van der Waals surface area contributed by atoms with Crippen LogP contribution in [0, 0.1) is 17.2 Å². The van der Waals surface area contributed by atoms with Gasteiger partial charge in [-0.05, 0) is 55.5 Å². The number of methoxy groups -OCH3 is 1. The molecular weight excluding hydrogens is 538 g/mol. The number of sulfone groups is 1. The lowest BCUT2D eigenvalue weighted by Gasteiger charge is -2.28. The Morgan fingerprint density at radius 2 is 1.76 bits per heavy atom. The topological polar surface area (TPSA) is 117 Å². The number of carbonyl (C=O) groups is 1. The third-order valence-corrected chi connectivity index (χ3v) is 9.72. The average molecular weight is 578 g/mol. The van der Waals surface area contributed by atoms with Gasteiger partial charge in [0, 0.05) is 43.9 Å². The molecule has 9 nitrogen and oxygen atoms in total. The lowest BCUT2D eigenvalue weighted by atomic mass is 9.88. The molecule has 0 bridgehead atoms. The Bertz CT molecular complexity index is 1490. The van der Waals surface area contributed by atoms with Gasteiger partial charge in [0.2, 0.25) is 5.91 Å². The summed E-state index contributed by atoms with van der Waals surface area (Å²) in [5.41, 5.74) is 3.60. The van der Waals surface area contributed by atoms with E-state index in [4.69, 9.17) is 10.00 Å². The van der Waals surface area contributed by atoms with E-state index >= 15 is 0 Å². The molecule has 0 radical (unpaired) electrons. The molecule has 2 heterocycles. The zero-order valence-electron chi connectivity index (χ0n) is 23.5. The Labute approximate surface area is 243 Å². The SMILES string of the molecule is COc1cccc(-n2cc(-c3ccc(N4CCS(=O)(=O)CC4)cc3)cn2)c1.N#CC1(NC(=O)C2CCCCC2)CC1.[HH]. The summed E-state index contributed by atoms with van der Waals surface area (Å²) in [5, 5.41) is 16.2. The predicted octanol–water partition coefficient (Wildman–Crippen LogP) is 4.77. The van der Waals surface area contributed by atoms with Crippen molar-refractivity contribution < 1.29 is 19.4 Å². The van der Waals surface area contributed by atoms with Gasteiger partial charge in [0.1, 0.15) is 11.3 Å². The van der Waals surface area contributed by atoms with E-state index in [1.165, 1.54) is 6.42 Å². The smallest absolute Gasteiger partial charge is 0.224 e. The Hall–Kier alpha value is -3.84. The van der Waals surface area contributed by atoms with Crippen LogP contribution in [0.2, 0.25) is 0 Å². The van der Waals surface area contributed by atoms with E-state index in [9.17, 15) is 13.2 Å². The summed E-state index contributed by atoms with van der Waals surface area (Å²) in [6.45, 7) is 1.10. The van der Waals surface area contributed by atoms with Gasteiger partial charge in [0.15, 0.2) is 9.84 Å². The van der Waals surface area contributed by atoms with E-state index in [0.717, 1.165) is 66.8 Å². The predicted molar refractivity (Wildman–Crippen MR) is 161 cm³/mol. The first kappa shape index (κ1) is 28.7. The first-order valence-corrected chi connectivity index (χ1v) is 16.1. The van der Waals surface area contributed by atoms with Crippen LogP contribution >= 0.6 is 0 Å². The first-order valence-electron chi connectivity index (χ1n) is 14.3. The first-order chi connectivity index (χ1) is 19.8. The molecule has 3 aliphatic rings. The molecule has 41 heavy (non-hydrogen) atoms. The molecule has 3 fully saturated rings. The lowest BCUT2D eigenvalue weighted by molar-refractivity contribution is -0.126. The van der Waals surface area contributed by atoms with Crippen LogP contribution in [0.4, 0.5) is 5.69 Å². The van der Waals surface area contributed by atoms with Gasteiger partial charge in [-0.1, -0.05) is 37.5 Å². The van der Waals surface area contributed by atoms with Gasteiger partial charge in [-0.15, -0.1) is 0 Å². The Morgan fingerprint density at radius 1 is 1.05 bits per heavy atom. The summed E-state index contributed by atoms with van der Waals surface area (Å²) in [4.78, 5) is 13.9. The highest BCUT2D eigenvalue weighted by atomic mass is 32.2. The maximum atomic E-state index is 11.8. The number of ether oxygens (including phenoxy) is 1. The van der Waals surface area contributed by atoms with E-state index in [1.54, 1.807) is 7.11 Å². The molecule has 6 rings (SSSR count). The van der Waals surface area contributed by atoms with Gasteiger partial charge in [-0.2, -0.15) is 10.4 Å². The highest BCUT2D eigenvalue weighted by molar-refractivity contribution is 7.91. The van der Waals surface area contributed by atoms with Crippen LogP contribution in [-0.4, -0.2) is 61.3 Å². The van der Waals surface area contributed by atoms with Gasteiger partial charge >= 0.3 is 0 Å². The van der Waals surface area contributed by atoms with Crippen LogP contribution in [0.25, 0.3) is 16.8 Å². The zero-order valence-corrected chi connectivity index (χ0v) is 24.3. The van der Waals surface area contributed by atoms with Crippen molar-refractivity contribution in [2.24, 2.45) is 5.92 Å². The molecule has 218 valence electrons. The summed E-state index contributed by atoms with van der Waals surface area (Å²) in [7, 11) is -1.22. The second-order valence-electron chi connectivity index (χ2n) is 11.1. The highest BCUT2D eigenvalue weighted by Gasteiger charge is 2.45. The molecule has 1 N–H and O–H groups in total. The normalized spacial score (nSPS) is 19.3. The summed E-state index contributed by atoms with van der Waals surface area (Å²) in [6, 6.07) is 18.1. The summed E-state index contributed by atoms with van der Waals surface area (Å²) < 4.78 is 30.3. The van der Waals surface area contributed by atoms with Crippen molar-refractivity contribution in [3.8, 4) is 28.6 Å². The van der Waals surface area contributed by atoms with E-state index in [1.807, 2.05) is 65.6 Å². The summed E-state index contributed by atoms with van der Waals surface area (Å²) in [5.74, 6) is 1.53. The van der Waals surface area contributed by atoms with Gasteiger partial charge < -0.3 is 15.0 Å². The molecule has 0 unspecified atom stereocenters. The molecular formula is C31H39N5O4S. The molecule has 1 saturated heterocycles. The van der Waals surface area contributed by atoms with Crippen molar-refractivity contribution in [2.45, 2.75) is 50.5 Å². The van der Waals surface area contributed by atoms with Crippen LogP contribution in [0.3, 0.4) is 0 Å². The Balaban J connectivity index is 0.000000228. The molecule has 1 aliphatic heterocycles. The minimum atomic E-state index is -2.87. The van der Waals surface area contributed by atoms with E-state index in [0.29, 0.717) is 13.1 Å². The molecule has 0 spiro atoms. The van der Waals surface area contributed by atoms with Crippen LogP contribution in [-0.2, 0) is 14.6 Å². The maximum absolute atomic E-state index is 11.8. The van der Waals surface area contributed by atoms with Crippen molar-refractivity contribution in [2.75, 3.05) is 36.6 Å². The number of hydrogen-bond donors (Lipinski definition) is 1. The minimum Gasteiger partial charge on any atom is -0.497 e. The van der Waals surface area contributed by atoms with E-state index in [-0.39, 0.29) is 24.8 Å². The monoisotopic (exact) mass is 577 g/mol. The van der Waals surface area contributed by atoms with Crippen LogP contribution < -0.4 is 15.0 Å². The molecule has 2 aliphatic carbocycles. The summed E-state index contributed by atoms with van der Waals surface area (Å²) in [6.07, 6.45) is 11.1. The van der Waals surface area contributed by atoms with Crippen molar-refractivity contribution >= 4 is 21.4 Å². The quantitative estimate of drug-likeness (QED) is 0.449. The van der Waals surface area contributed by atoms with Crippen molar-refractivity contribution in [1.29, 1.82) is 5.26 Å². The number of rotatable bonds is 6. The zero-order chi connectivity index (χ0) is 28.9. The number of carbonyl (C=O) groups excluding carboxylic acids is 1. The van der Waals surface area contributed by atoms with Crippen LogP contribution in [0.15, 0.2) is 60.9 Å². The van der Waals surface area contributed by atoms with Gasteiger partial charge in [-0.3, -0.25) is 4.79 Å². The number of anilines is 1. The number of nitrogens with one attached hydrogen (secondary N) is 1. The van der Waals surface area contributed by atoms with Crippen molar-refractivity contribution in [1.82, 2.24) is 15.1 Å². The van der Waals surface area contributed by atoms with Gasteiger partial charge in [0.05, 0.1) is 36.6 Å². The van der Waals surface area contributed by atoms with Crippen molar-refractivity contribution in [3.05, 3.63) is 60.9 Å². The van der Waals surface area contributed by atoms with Crippen LogP contribution in [0.1, 0.15) is 46.4 Å². The molecule has 1 aromatic heterocycles. The summed E-state index contributed by atoms with van der Waals surface area (Å²) >= 11 is 0. The minimum absolute atomic E-state index is 0. The largest absolute Gasteiger partial charge is 0.497 e. The fourth-order valence-corrected chi connectivity index (χ4v) is 6.50. The molecule has 1 amide bonds. The third kappa shape index (κ3) is 7.27. The second-order valence-corrected chi connectivity index (χ2v) is 13.4. The second kappa shape index (κ2) is 12.4. The highest BCUT2D eigenvalue weighted by Crippen LogP contribution is 2.35. The fourth-order valence-electron chi connectivity index (χ4n) is 5.29. The Kier molecular flexibility index (Phi) is 8.64. The Morgan fingerprint density at radius 3 is 2.39 bits per heavy atom. The lowest BCUT2D eigenvalue weighted by Crippen LogP contribution is -2.40. The molecule has 2 saturated carbocycles. The molecule has 3 aromatic rings. The number of amides is 1. The third-order valence-electron chi connectivity index (χ3n) is 8.11. The number of nitriles is 1. The number of hydrogen-bond acceptors (Lipinski definition) is 7. The van der Waals surface area contributed by atoms with Gasteiger partial charge in [-0.25, -0.2) is 13.1 Å². The molecule has 2 aromatic carbocycles. The van der Waals surface area contributed by atoms with E-state index < -0.39 is 15.4 Å². The van der Waals surface area contributed by atoms with Crippen molar-refractivity contribution in [3.63, 3.8) is 0 Å². The van der Waals surface area contributed by atoms with Crippen LogP contribution in [0.5, 0.6) is 5.75 Å². The number of nitrogens with zero attached hydrogens (tertiary/aromatic N) is 4. The average Bonchev–Trinajstić information content (AvgIpc) is 3.60. The molecule has 0 atom stereocenters. The maximum Gasteiger partial charge on any atom is 0.224 e. The molecule has 10 heteroatoms.